The molecule has 0 aliphatic rings. The summed E-state index contributed by atoms with van der Waals surface area (Å²) in [7, 11) is 0. The minimum absolute atomic E-state index is 1.24. The van der Waals surface area contributed by atoms with Crippen molar-refractivity contribution in [3.63, 3.8) is 0 Å². The van der Waals surface area contributed by atoms with Crippen LogP contribution in [0.3, 0.4) is 0 Å². The molecule has 4 aromatic rings. The lowest BCUT2D eigenvalue weighted by atomic mass is 10.0. The highest BCUT2D eigenvalue weighted by molar-refractivity contribution is 7.36. The first-order valence-electron chi connectivity index (χ1n) is 14.2. The quantitative estimate of drug-likeness (QED) is 0.129. The molecule has 0 atom stereocenters. The van der Waals surface area contributed by atoms with E-state index in [1.165, 1.54) is 144 Å². The number of benzene rings is 2. The molecule has 0 bridgehead atoms. The normalized spacial score (nSPS) is 11.9. The van der Waals surface area contributed by atoms with Crippen molar-refractivity contribution in [3.8, 4) is 0 Å². The second-order valence-electron chi connectivity index (χ2n) is 10.2. The predicted molar refractivity (Wildman–Crippen MR) is 158 cm³/mol. The molecule has 2 aromatic carbocycles. The number of rotatable bonds is 17. The monoisotopic (exact) mass is 492 g/mol. The van der Waals surface area contributed by atoms with Gasteiger partial charge in [0.25, 0.3) is 0 Å². The summed E-state index contributed by atoms with van der Waals surface area (Å²) in [6.45, 7) is 2.30. The molecule has 0 unspecified atom stereocenters. The van der Waals surface area contributed by atoms with Crippen molar-refractivity contribution in [3.05, 3.63) is 48.0 Å². The Morgan fingerprint density at radius 2 is 1.00 bits per heavy atom. The molecule has 184 valence electrons. The summed E-state index contributed by atoms with van der Waals surface area (Å²) in [5.41, 5.74) is 1.52. The maximum atomic E-state index is 2.46. The highest BCUT2D eigenvalue weighted by Crippen LogP contribution is 2.44. The Hall–Kier alpha value is -1.38. The molecule has 0 saturated carbocycles. The maximum absolute atomic E-state index is 2.46. The Morgan fingerprint density at radius 3 is 1.62 bits per heavy atom. The lowest BCUT2D eigenvalue weighted by Gasteiger charge is -2.04. The molecule has 0 spiro atoms. The van der Waals surface area contributed by atoms with Gasteiger partial charge >= 0.3 is 0 Å². The number of hydrogen-bond acceptors (Lipinski definition) is 2. The number of aryl methyl sites for hydroxylation is 1. The van der Waals surface area contributed by atoms with E-state index in [0.29, 0.717) is 0 Å². The van der Waals surface area contributed by atoms with Crippen LogP contribution in [-0.2, 0) is 6.42 Å². The van der Waals surface area contributed by atoms with Crippen LogP contribution < -0.4 is 0 Å². The van der Waals surface area contributed by atoms with E-state index in [-0.39, 0.29) is 0 Å². The van der Waals surface area contributed by atoms with Gasteiger partial charge in [-0.1, -0.05) is 134 Å². The summed E-state index contributed by atoms with van der Waals surface area (Å²) < 4.78 is 5.86. The third-order valence-electron chi connectivity index (χ3n) is 7.37. The van der Waals surface area contributed by atoms with Crippen LogP contribution in [0, 0.1) is 0 Å². The molecule has 0 N–H and O–H groups in total. The van der Waals surface area contributed by atoms with E-state index in [1.807, 2.05) is 22.7 Å². The van der Waals surface area contributed by atoms with E-state index in [1.54, 1.807) is 0 Å². The zero-order valence-electron chi connectivity index (χ0n) is 21.4. The van der Waals surface area contributed by atoms with Gasteiger partial charge < -0.3 is 0 Å². The second kappa shape index (κ2) is 14.2. The zero-order valence-corrected chi connectivity index (χ0v) is 23.0. The first kappa shape index (κ1) is 25.7. The molecule has 0 aliphatic heterocycles. The number of fused-ring (bicyclic) bond motifs is 5. The van der Waals surface area contributed by atoms with E-state index < -0.39 is 0 Å². The highest BCUT2D eigenvalue weighted by Gasteiger charge is 2.11. The topological polar surface area (TPSA) is 0 Å². The third kappa shape index (κ3) is 7.31. The minimum atomic E-state index is 1.24. The third-order valence-corrected chi connectivity index (χ3v) is 9.89. The van der Waals surface area contributed by atoms with Gasteiger partial charge in [-0.2, -0.15) is 0 Å². The average Bonchev–Trinajstić information content (AvgIpc) is 3.39. The van der Waals surface area contributed by atoms with Gasteiger partial charge in [-0.15, -0.1) is 22.7 Å². The van der Waals surface area contributed by atoms with Gasteiger partial charge in [-0.3, -0.25) is 0 Å². The fourth-order valence-corrected chi connectivity index (χ4v) is 8.00. The molecule has 34 heavy (non-hydrogen) atoms. The van der Waals surface area contributed by atoms with E-state index in [0.717, 1.165) is 0 Å². The molecule has 0 amide bonds. The van der Waals surface area contributed by atoms with Crippen LogP contribution in [0.5, 0.6) is 0 Å². The molecule has 4 rings (SSSR count). The van der Waals surface area contributed by atoms with Crippen LogP contribution >= 0.6 is 22.7 Å². The van der Waals surface area contributed by atoms with Crippen LogP contribution in [0.2, 0.25) is 0 Å². The zero-order chi connectivity index (χ0) is 23.4. The van der Waals surface area contributed by atoms with Crippen molar-refractivity contribution in [2.75, 3.05) is 0 Å². The van der Waals surface area contributed by atoms with Crippen molar-refractivity contribution in [1.82, 2.24) is 0 Å². The van der Waals surface area contributed by atoms with Crippen LogP contribution in [0.4, 0.5) is 0 Å². The molecule has 0 fully saturated rings. The lowest BCUT2D eigenvalue weighted by molar-refractivity contribution is 0.529. The molecule has 2 heterocycles. The molecule has 2 heteroatoms. The minimum Gasteiger partial charge on any atom is -0.134 e. The van der Waals surface area contributed by atoms with Crippen molar-refractivity contribution >= 4 is 52.2 Å². The van der Waals surface area contributed by atoms with Crippen LogP contribution in [0.1, 0.15) is 115 Å². The van der Waals surface area contributed by atoms with Crippen molar-refractivity contribution < 1.29 is 0 Å². The van der Waals surface area contributed by atoms with Gasteiger partial charge in [-0.05, 0) is 30.5 Å². The Morgan fingerprint density at radius 1 is 0.500 bits per heavy atom. The van der Waals surface area contributed by atoms with Crippen LogP contribution in [-0.4, -0.2) is 0 Å². The smallest absolute Gasteiger partial charge is 0.0542 e. The Kier molecular flexibility index (Phi) is 10.8. The molecule has 2 aromatic heterocycles. The van der Waals surface area contributed by atoms with Gasteiger partial charge in [0.05, 0.1) is 9.40 Å². The van der Waals surface area contributed by atoms with Crippen molar-refractivity contribution in [2.45, 2.75) is 116 Å². The Bertz CT molecular complexity index is 1120. The largest absolute Gasteiger partial charge is 0.134 e. The number of thiophene rings is 2. The molecule has 0 saturated heterocycles. The van der Waals surface area contributed by atoms with Gasteiger partial charge in [0.1, 0.15) is 0 Å². The van der Waals surface area contributed by atoms with Gasteiger partial charge in [-0.25, -0.2) is 0 Å². The van der Waals surface area contributed by atoms with E-state index >= 15 is 0 Å². The molecule has 0 nitrogen and oxygen atoms in total. The van der Waals surface area contributed by atoms with Crippen molar-refractivity contribution in [2.24, 2.45) is 0 Å². The van der Waals surface area contributed by atoms with E-state index in [2.05, 4.69) is 49.4 Å². The molecule has 0 aliphatic carbocycles. The fourth-order valence-electron chi connectivity index (χ4n) is 5.28. The molecular weight excluding hydrogens is 448 g/mol. The summed E-state index contributed by atoms with van der Waals surface area (Å²) in [5, 5.41) is 2.89. The summed E-state index contributed by atoms with van der Waals surface area (Å²) in [6, 6.07) is 16.1. The lowest BCUT2D eigenvalue weighted by Crippen LogP contribution is -1.86. The Labute approximate surface area is 215 Å². The number of unbranched alkanes of at least 4 members (excludes halogenated alkanes) is 15. The van der Waals surface area contributed by atoms with Gasteiger partial charge in [0.15, 0.2) is 0 Å². The first-order chi connectivity index (χ1) is 16.9. The van der Waals surface area contributed by atoms with Gasteiger partial charge in [0.2, 0.25) is 0 Å². The first-order valence-corrected chi connectivity index (χ1v) is 15.8. The number of hydrogen-bond donors (Lipinski definition) is 0. The van der Waals surface area contributed by atoms with E-state index in [9.17, 15) is 0 Å². The average molecular weight is 493 g/mol. The predicted octanol–water partition coefficient (Wildman–Crippen LogP) is 12.1. The van der Waals surface area contributed by atoms with Crippen molar-refractivity contribution in [1.29, 1.82) is 0 Å². The molecular formula is C32H44S2. The summed E-state index contributed by atoms with van der Waals surface area (Å²) in [5.74, 6) is 0. The Balaban J connectivity index is 1.05. The summed E-state index contributed by atoms with van der Waals surface area (Å²) in [4.78, 5) is 0. The highest BCUT2D eigenvalue weighted by atomic mass is 32.1. The summed E-state index contributed by atoms with van der Waals surface area (Å²) in [6.07, 6.45) is 24.2. The fraction of sp³-hybridized carbons (Fsp3) is 0.562. The SMILES string of the molecule is CCCCCCCCCCCCCCCCCCc1ccc2c(c1)sc1c3ccccc3sc21. The van der Waals surface area contributed by atoms with Gasteiger partial charge in [0, 0.05) is 20.2 Å². The second-order valence-corrected chi connectivity index (χ2v) is 12.3. The van der Waals surface area contributed by atoms with Crippen LogP contribution in [0.15, 0.2) is 42.5 Å². The molecule has 0 radical (unpaired) electrons. The summed E-state index contributed by atoms with van der Waals surface area (Å²) >= 11 is 3.94. The van der Waals surface area contributed by atoms with E-state index in [4.69, 9.17) is 0 Å². The van der Waals surface area contributed by atoms with Crippen LogP contribution in [0.25, 0.3) is 29.6 Å². The maximum Gasteiger partial charge on any atom is 0.0542 e. The standard InChI is InChI=1S/C32H44S2/c1-2-3-4-5-6-7-8-9-10-11-12-13-14-15-16-17-20-26-23-24-28-30(25-26)34-31-27-21-18-19-22-29(27)33-32(28)31/h18-19,21-25H,2-17,20H2,1H3.